The zero-order chi connectivity index (χ0) is 13.3. The molecule has 0 bridgehead atoms. The van der Waals surface area contributed by atoms with Crippen molar-refractivity contribution in [1.29, 1.82) is 0 Å². The fourth-order valence-electron chi connectivity index (χ4n) is 1.63. The first-order valence-corrected chi connectivity index (χ1v) is 5.81. The summed E-state index contributed by atoms with van der Waals surface area (Å²) in [6, 6.07) is 1.59. The van der Waals surface area contributed by atoms with Crippen molar-refractivity contribution in [1.82, 2.24) is 4.98 Å². The molecule has 2 rings (SSSR count). The second kappa shape index (κ2) is 4.86. The first-order valence-electron chi connectivity index (χ1n) is 5.43. The minimum absolute atomic E-state index is 0.0647. The van der Waals surface area contributed by atoms with Crippen LogP contribution < -0.4 is 0 Å². The van der Waals surface area contributed by atoms with Crippen molar-refractivity contribution < 1.29 is 18.4 Å². The number of halogens is 1. The van der Waals surface area contributed by atoms with Gasteiger partial charge in [-0.2, -0.15) is 0 Å². The molecule has 2 aromatic rings. The van der Waals surface area contributed by atoms with E-state index in [4.69, 9.17) is 25.2 Å². The smallest absolute Gasteiger partial charge is 0.376 e. The number of rotatable bonds is 3. The number of ether oxygens (including phenoxy) is 1. The molecule has 18 heavy (non-hydrogen) atoms. The number of carbonyl (C=O) groups excluding carboxylic acids is 1. The summed E-state index contributed by atoms with van der Waals surface area (Å²) in [4.78, 5) is 15.9. The molecule has 0 radical (unpaired) electrons. The van der Waals surface area contributed by atoms with Gasteiger partial charge in [0.1, 0.15) is 11.5 Å². The molecule has 0 saturated heterocycles. The molecule has 0 fully saturated rings. The molecule has 5 nitrogen and oxygen atoms in total. The van der Waals surface area contributed by atoms with Gasteiger partial charge in [0.25, 0.3) is 0 Å². The van der Waals surface area contributed by atoms with Crippen LogP contribution in [0.2, 0.25) is 5.22 Å². The number of nitrogens with zero attached hydrogens (tertiary/aromatic N) is 1. The number of esters is 1. The van der Waals surface area contributed by atoms with Crippen molar-refractivity contribution in [3.8, 4) is 11.3 Å². The Balaban J connectivity index is 2.51. The molecule has 96 valence electrons. The highest BCUT2D eigenvalue weighted by Gasteiger charge is 2.24. The quantitative estimate of drug-likeness (QED) is 0.799. The van der Waals surface area contributed by atoms with E-state index in [1.54, 1.807) is 26.8 Å². The van der Waals surface area contributed by atoms with Gasteiger partial charge in [0, 0.05) is 18.6 Å². The van der Waals surface area contributed by atoms with E-state index in [9.17, 15) is 4.79 Å². The van der Waals surface area contributed by atoms with E-state index in [2.05, 4.69) is 4.98 Å². The molecule has 0 aromatic carbocycles. The van der Waals surface area contributed by atoms with Gasteiger partial charge in [-0.25, -0.2) is 9.78 Å². The summed E-state index contributed by atoms with van der Waals surface area (Å²) < 4.78 is 15.4. The molecule has 0 aliphatic heterocycles. The lowest BCUT2D eigenvalue weighted by molar-refractivity contribution is 0.0490. The van der Waals surface area contributed by atoms with Gasteiger partial charge in [-0.3, -0.25) is 0 Å². The Hall–Kier alpha value is -1.75. The van der Waals surface area contributed by atoms with Crippen molar-refractivity contribution in [3.63, 3.8) is 0 Å². The van der Waals surface area contributed by atoms with Gasteiger partial charge in [-0.15, -0.1) is 0 Å². The Bertz CT molecular complexity index is 585. The molecule has 0 spiro atoms. The third-order valence-corrected chi connectivity index (χ3v) is 2.52. The Morgan fingerprint density at radius 1 is 1.44 bits per heavy atom. The van der Waals surface area contributed by atoms with Gasteiger partial charge in [0.15, 0.2) is 11.1 Å². The van der Waals surface area contributed by atoms with Crippen LogP contribution in [0.1, 0.15) is 29.1 Å². The number of hydrogen-bond acceptors (Lipinski definition) is 5. The van der Waals surface area contributed by atoms with Crippen molar-refractivity contribution in [2.75, 3.05) is 6.61 Å². The molecule has 0 amide bonds. The molecular formula is C12H12ClNO4. The van der Waals surface area contributed by atoms with E-state index in [0.717, 1.165) is 0 Å². The largest absolute Gasteiger partial charge is 0.460 e. The van der Waals surface area contributed by atoms with E-state index in [1.807, 2.05) is 0 Å². The average Bonchev–Trinajstić information content (AvgIpc) is 2.82. The normalized spacial score (nSPS) is 10.7. The molecule has 2 heterocycles. The monoisotopic (exact) mass is 269 g/mol. The SMILES string of the molecule is CCOC(=O)c1oc(C)nc1-c1cc(Cl)oc1C. The van der Waals surface area contributed by atoms with Crippen LogP contribution in [0.4, 0.5) is 0 Å². The lowest BCUT2D eigenvalue weighted by atomic mass is 10.1. The van der Waals surface area contributed by atoms with Gasteiger partial charge in [-0.1, -0.05) is 0 Å². The van der Waals surface area contributed by atoms with Crippen molar-refractivity contribution in [3.05, 3.63) is 28.7 Å². The maximum atomic E-state index is 11.8. The van der Waals surface area contributed by atoms with Crippen LogP contribution in [-0.4, -0.2) is 17.6 Å². The highest BCUT2D eigenvalue weighted by Crippen LogP contribution is 2.31. The first kappa shape index (κ1) is 12.7. The summed E-state index contributed by atoms with van der Waals surface area (Å²) in [5, 5.41) is 0.234. The third kappa shape index (κ3) is 2.26. The number of hydrogen-bond donors (Lipinski definition) is 0. The fraction of sp³-hybridized carbons (Fsp3) is 0.333. The van der Waals surface area contributed by atoms with Gasteiger partial charge in [0.05, 0.1) is 6.61 Å². The minimum Gasteiger partial charge on any atom is -0.460 e. The van der Waals surface area contributed by atoms with Gasteiger partial charge in [-0.05, 0) is 25.4 Å². The lowest BCUT2D eigenvalue weighted by Gasteiger charge is -1.99. The van der Waals surface area contributed by atoms with Crippen LogP contribution in [0.3, 0.4) is 0 Å². The number of aryl methyl sites for hydroxylation is 2. The van der Waals surface area contributed by atoms with Crippen LogP contribution in [0, 0.1) is 13.8 Å². The zero-order valence-electron chi connectivity index (χ0n) is 10.2. The zero-order valence-corrected chi connectivity index (χ0v) is 11.0. The highest BCUT2D eigenvalue weighted by molar-refractivity contribution is 6.29. The molecular weight excluding hydrogens is 258 g/mol. The first-order chi connectivity index (χ1) is 8.52. The minimum atomic E-state index is -0.551. The lowest BCUT2D eigenvalue weighted by Crippen LogP contribution is -2.04. The molecule has 0 saturated carbocycles. The number of aromatic nitrogens is 1. The predicted molar refractivity (Wildman–Crippen MR) is 64.6 cm³/mol. The number of oxazole rings is 1. The highest BCUT2D eigenvalue weighted by atomic mass is 35.5. The standard InChI is InChI=1S/C12H12ClNO4/c1-4-16-12(15)11-10(14-7(3)18-11)8-5-9(13)17-6(8)2/h5H,4H2,1-3H3. The number of carbonyl (C=O) groups is 1. The van der Waals surface area contributed by atoms with Crippen molar-refractivity contribution >= 4 is 17.6 Å². The topological polar surface area (TPSA) is 65.5 Å². The van der Waals surface area contributed by atoms with Crippen LogP contribution in [0.25, 0.3) is 11.3 Å². The second-order valence-corrected chi connectivity index (χ2v) is 4.02. The van der Waals surface area contributed by atoms with Crippen LogP contribution in [0.5, 0.6) is 0 Å². The van der Waals surface area contributed by atoms with Crippen LogP contribution in [0.15, 0.2) is 14.9 Å². The molecule has 2 aromatic heterocycles. The average molecular weight is 270 g/mol. The summed E-state index contributed by atoms with van der Waals surface area (Å²) in [7, 11) is 0. The number of furan rings is 1. The van der Waals surface area contributed by atoms with Crippen LogP contribution >= 0.6 is 11.6 Å². The molecule has 0 aliphatic carbocycles. The maximum absolute atomic E-state index is 11.8. The molecule has 6 heteroatoms. The molecule has 0 aliphatic rings. The van der Waals surface area contributed by atoms with E-state index >= 15 is 0 Å². The summed E-state index contributed by atoms with van der Waals surface area (Å²) >= 11 is 5.77. The Kier molecular flexibility index (Phi) is 3.43. The molecule has 0 N–H and O–H groups in total. The van der Waals surface area contributed by atoms with Gasteiger partial charge >= 0.3 is 5.97 Å². The summed E-state index contributed by atoms with van der Waals surface area (Å²) in [6.45, 7) is 5.38. The van der Waals surface area contributed by atoms with E-state index in [1.165, 1.54) is 0 Å². The Labute approximate surface area is 109 Å². The molecule has 0 atom stereocenters. The van der Waals surface area contributed by atoms with E-state index in [0.29, 0.717) is 22.9 Å². The molecule has 0 unspecified atom stereocenters. The Morgan fingerprint density at radius 3 is 2.72 bits per heavy atom. The summed E-state index contributed by atoms with van der Waals surface area (Å²) in [6.07, 6.45) is 0. The third-order valence-electron chi connectivity index (χ3n) is 2.34. The van der Waals surface area contributed by atoms with Crippen molar-refractivity contribution in [2.45, 2.75) is 20.8 Å². The summed E-state index contributed by atoms with van der Waals surface area (Å²) in [5.74, 6) is 0.461. The van der Waals surface area contributed by atoms with E-state index < -0.39 is 5.97 Å². The van der Waals surface area contributed by atoms with Crippen LogP contribution in [-0.2, 0) is 4.74 Å². The fourth-order valence-corrected chi connectivity index (χ4v) is 1.85. The van der Waals surface area contributed by atoms with Crippen molar-refractivity contribution in [2.24, 2.45) is 0 Å². The van der Waals surface area contributed by atoms with Gasteiger partial charge < -0.3 is 13.6 Å². The van der Waals surface area contributed by atoms with E-state index in [-0.39, 0.29) is 17.6 Å². The second-order valence-electron chi connectivity index (χ2n) is 3.65. The maximum Gasteiger partial charge on any atom is 0.376 e. The van der Waals surface area contributed by atoms with Gasteiger partial charge in [0.2, 0.25) is 5.76 Å². The summed E-state index contributed by atoms with van der Waals surface area (Å²) in [5.41, 5.74) is 1.01. The predicted octanol–water partition coefficient (Wildman–Crippen LogP) is 3.38. The Morgan fingerprint density at radius 2 is 2.17 bits per heavy atom.